The second-order valence-corrected chi connectivity index (χ2v) is 5.56. The van der Waals surface area contributed by atoms with Crippen LogP contribution in [0, 0.1) is 0 Å². The molecule has 1 amide bonds. The molecule has 1 N–H and O–H groups in total. The molecule has 116 valence electrons. The lowest BCUT2D eigenvalue weighted by atomic mass is 10.3. The Labute approximate surface area is 141 Å². The number of nitrogens with zero attached hydrogens (tertiary/aromatic N) is 3. The Hall–Kier alpha value is -2.67. The van der Waals surface area contributed by atoms with Crippen LogP contribution in [0.25, 0.3) is 0 Å². The first-order valence-electron chi connectivity index (χ1n) is 6.85. The average molecular weight is 373 g/mol. The molecule has 0 atom stereocenters. The summed E-state index contributed by atoms with van der Waals surface area (Å²) in [5.74, 6) is 0.889. The lowest BCUT2D eigenvalue weighted by molar-refractivity contribution is 0.102. The van der Waals surface area contributed by atoms with Crippen molar-refractivity contribution in [2.24, 2.45) is 0 Å². The molecule has 0 bridgehead atoms. The Balaban J connectivity index is 1.59. The van der Waals surface area contributed by atoms with Crippen LogP contribution in [0.5, 0.6) is 5.75 Å². The van der Waals surface area contributed by atoms with Gasteiger partial charge in [0.25, 0.3) is 5.91 Å². The summed E-state index contributed by atoms with van der Waals surface area (Å²) in [6, 6.07) is 14.5. The van der Waals surface area contributed by atoms with Crippen molar-refractivity contribution in [1.82, 2.24) is 14.8 Å². The van der Waals surface area contributed by atoms with E-state index in [4.69, 9.17) is 4.74 Å². The molecule has 0 radical (unpaired) electrons. The van der Waals surface area contributed by atoms with Crippen LogP contribution in [0.2, 0.25) is 0 Å². The molecule has 6 nitrogen and oxygen atoms in total. The summed E-state index contributed by atoms with van der Waals surface area (Å²) >= 11 is 3.29. The van der Waals surface area contributed by atoms with Crippen LogP contribution in [0.1, 0.15) is 10.5 Å². The van der Waals surface area contributed by atoms with E-state index >= 15 is 0 Å². The maximum atomic E-state index is 12.1. The predicted molar refractivity (Wildman–Crippen MR) is 89.2 cm³/mol. The number of rotatable bonds is 5. The Bertz CT molecular complexity index is 787. The summed E-state index contributed by atoms with van der Waals surface area (Å²) in [6.45, 7) is 0.230. The van der Waals surface area contributed by atoms with Crippen LogP contribution in [0.3, 0.4) is 0 Å². The highest BCUT2D eigenvalue weighted by Gasteiger charge is 2.10. The molecule has 3 rings (SSSR count). The van der Waals surface area contributed by atoms with Crippen molar-refractivity contribution >= 4 is 27.7 Å². The lowest BCUT2D eigenvalue weighted by Gasteiger charge is -2.05. The Morgan fingerprint density at radius 1 is 1.17 bits per heavy atom. The van der Waals surface area contributed by atoms with Gasteiger partial charge in [-0.15, -0.1) is 0 Å². The summed E-state index contributed by atoms with van der Waals surface area (Å²) in [7, 11) is 0. The molecule has 2 heterocycles. The van der Waals surface area contributed by atoms with Gasteiger partial charge in [0.2, 0.25) is 0 Å². The quantitative estimate of drug-likeness (QED) is 0.745. The van der Waals surface area contributed by atoms with E-state index in [-0.39, 0.29) is 12.6 Å². The van der Waals surface area contributed by atoms with Crippen LogP contribution >= 0.6 is 15.9 Å². The first-order valence-corrected chi connectivity index (χ1v) is 7.64. The maximum absolute atomic E-state index is 12.1. The van der Waals surface area contributed by atoms with E-state index in [1.807, 2.05) is 30.3 Å². The van der Waals surface area contributed by atoms with Gasteiger partial charge in [-0.1, -0.05) is 18.2 Å². The number of carbonyl (C=O) groups is 1. The summed E-state index contributed by atoms with van der Waals surface area (Å²) in [4.78, 5) is 16.2. The van der Waals surface area contributed by atoms with Crippen molar-refractivity contribution in [1.29, 1.82) is 0 Å². The smallest absolute Gasteiger partial charge is 0.277 e. The molecule has 0 aliphatic rings. The van der Waals surface area contributed by atoms with E-state index in [0.29, 0.717) is 11.5 Å². The number of nitrogens with one attached hydrogen (secondary N) is 1. The SMILES string of the molecule is O=C(Nc1ccc(Br)cn1)c1ccn(COc2ccccc2)n1. The summed E-state index contributed by atoms with van der Waals surface area (Å²) in [5, 5.41) is 6.87. The zero-order valence-electron chi connectivity index (χ0n) is 12.0. The zero-order chi connectivity index (χ0) is 16.1. The van der Waals surface area contributed by atoms with Gasteiger partial charge in [0.15, 0.2) is 12.4 Å². The molecular weight excluding hydrogens is 360 g/mol. The minimum Gasteiger partial charge on any atom is -0.471 e. The molecule has 0 fully saturated rings. The number of anilines is 1. The number of ether oxygens (including phenoxy) is 1. The van der Waals surface area contributed by atoms with Gasteiger partial charge in [0.1, 0.15) is 11.6 Å². The Morgan fingerprint density at radius 2 is 2.00 bits per heavy atom. The summed E-state index contributed by atoms with van der Waals surface area (Å²) in [5.41, 5.74) is 0.298. The number of hydrogen-bond donors (Lipinski definition) is 1. The maximum Gasteiger partial charge on any atom is 0.277 e. The normalized spacial score (nSPS) is 10.3. The second-order valence-electron chi connectivity index (χ2n) is 4.64. The number of hydrogen-bond acceptors (Lipinski definition) is 4. The van der Waals surface area contributed by atoms with Gasteiger partial charge >= 0.3 is 0 Å². The molecule has 0 aliphatic carbocycles. The van der Waals surface area contributed by atoms with Crippen molar-refractivity contribution in [3.05, 3.63) is 71.1 Å². The molecule has 3 aromatic rings. The molecule has 0 saturated heterocycles. The average Bonchev–Trinajstić information content (AvgIpc) is 3.05. The van der Waals surface area contributed by atoms with Crippen LogP contribution in [0.15, 0.2) is 65.4 Å². The van der Waals surface area contributed by atoms with E-state index in [1.54, 1.807) is 35.3 Å². The largest absolute Gasteiger partial charge is 0.471 e. The molecule has 0 unspecified atom stereocenters. The Morgan fingerprint density at radius 3 is 2.74 bits per heavy atom. The van der Waals surface area contributed by atoms with Gasteiger partial charge in [-0.05, 0) is 46.3 Å². The Kier molecular flexibility index (Phi) is 4.68. The highest BCUT2D eigenvalue weighted by Crippen LogP contribution is 2.12. The number of pyridine rings is 1. The lowest BCUT2D eigenvalue weighted by Crippen LogP contribution is -2.15. The van der Waals surface area contributed by atoms with Crippen molar-refractivity contribution in [2.45, 2.75) is 6.73 Å². The fourth-order valence-corrected chi connectivity index (χ4v) is 2.08. The van der Waals surface area contributed by atoms with E-state index in [1.165, 1.54) is 0 Å². The fourth-order valence-electron chi connectivity index (χ4n) is 1.84. The van der Waals surface area contributed by atoms with Gasteiger partial charge in [-0.2, -0.15) is 5.10 Å². The van der Waals surface area contributed by atoms with Crippen molar-refractivity contribution in [2.75, 3.05) is 5.32 Å². The van der Waals surface area contributed by atoms with Gasteiger partial charge < -0.3 is 10.1 Å². The standard InChI is InChI=1S/C16H13BrN4O2/c17-12-6-7-15(18-10-12)19-16(22)14-8-9-21(20-14)11-23-13-4-2-1-3-5-13/h1-10H,11H2,(H,18,19,22). The van der Waals surface area contributed by atoms with E-state index < -0.39 is 0 Å². The molecule has 23 heavy (non-hydrogen) atoms. The van der Waals surface area contributed by atoms with Crippen molar-refractivity contribution in [3.63, 3.8) is 0 Å². The minimum absolute atomic E-state index is 0.230. The third-order valence-electron chi connectivity index (χ3n) is 2.95. The molecule has 2 aromatic heterocycles. The molecule has 0 spiro atoms. The number of benzene rings is 1. The van der Waals surface area contributed by atoms with Crippen LogP contribution in [-0.4, -0.2) is 20.7 Å². The van der Waals surface area contributed by atoms with Crippen LogP contribution in [-0.2, 0) is 6.73 Å². The van der Waals surface area contributed by atoms with Gasteiger partial charge in [0.05, 0.1) is 0 Å². The van der Waals surface area contributed by atoms with Gasteiger partial charge in [-0.25, -0.2) is 9.67 Å². The number of aromatic nitrogens is 3. The van der Waals surface area contributed by atoms with E-state index in [2.05, 4.69) is 31.3 Å². The molecule has 1 aromatic carbocycles. The second kappa shape index (κ2) is 7.06. The van der Waals surface area contributed by atoms with E-state index in [9.17, 15) is 4.79 Å². The first kappa shape index (κ1) is 15.2. The molecule has 7 heteroatoms. The number of carbonyl (C=O) groups excluding carboxylic acids is 1. The van der Waals surface area contributed by atoms with Crippen LogP contribution in [0.4, 0.5) is 5.82 Å². The molecule has 0 aliphatic heterocycles. The monoisotopic (exact) mass is 372 g/mol. The fraction of sp³-hybridized carbons (Fsp3) is 0.0625. The summed E-state index contributed by atoms with van der Waals surface area (Å²) in [6.07, 6.45) is 3.30. The third-order valence-corrected chi connectivity index (χ3v) is 3.42. The topological polar surface area (TPSA) is 69.0 Å². The third kappa shape index (κ3) is 4.17. The number of amides is 1. The zero-order valence-corrected chi connectivity index (χ0v) is 13.6. The highest BCUT2D eigenvalue weighted by atomic mass is 79.9. The predicted octanol–water partition coefficient (Wildman–Crippen LogP) is 3.33. The number of halogens is 1. The van der Waals surface area contributed by atoms with Crippen molar-refractivity contribution in [3.8, 4) is 5.75 Å². The van der Waals surface area contributed by atoms with Crippen molar-refractivity contribution < 1.29 is 9.53 Å². The summed E-state index contributed by atoms with van der Waals surface area (Å²) < 4.78 is 7.97. The van der Waals surface area contributed by atoms with Gasteiger partial charge in [-0.3, -0.25) is 4.79 Å². The molecular formula is C16H13BrN4O2. The minimum atomic E-state index is -0.321. The first-order chi connectivity index (χ1) is 11.2. The van der Waals surface area contributed by atoms with E-state index in [0.717, 1.165) is 10.2 Å². The number of para-hydroxylation sites is 1. The molecule has 0 saturated carbocycles. The van der Waals surface area contributed by atoms with Gasteiger partial charge in [0, 0.05) is 16.9 Å². The van der Waals surface area contributed by atoms with Crippen LogP contribution < -0.4 is 10.1 Å². The highest BCUT2D eigenvalue weighted by molar-refractivity contribution is 9.10.